The molecule has 176 valence electrons. The zero-order chi connectivity index (χ0) is 24.3. The number of para-hydroxylation sites is 4. The van der Waals surface area contributed by atoms with Crippen LogP contribution < -0.4 is 19.3 Å². The lowest BCUT2D eigenvalue weighted by atomic mass is 10.2. The molecule has 0 bridgehead atoms. The predicted octanol–water partition coefficient (Wildman–Crippen LogP) is 5.17. The number of carbonyl (C=O) groups excluding carboxylic acids is 2. The molecular formula is C29H26N2O4. The van der Waals surface area contributed by atoms with Gasteiger partial charge in [-0.3, -0.25) is 0 Å². The van der Waals surface area contributed by atoms with Crippen molar-refractivity contribution in [2.24, 2.45) is 0 Å². The van der Waals surface area contributed by atoms with E-state index in [-0.39, 0.29) is 19.8 Å². The highest BCUT2D eigenvalue weighted by Gasteiger charge is 2.20. The van der Waals surface area contributed by atoms with E-state index in [0.29, 0.717) is 11.5 Å². The number of nitrogens with zero attached hydrogens (tertiary/aromatic N) is 2. The molecule has 6 nitrogen and oxygen atoms in total. The Morgan fingerprint density at radius 1 is 0.486 bits per heavy atom. The van der Waals surface area contributed by atoms with Gasteiger partial charge in [0, 0.05) is 11.4 Å². The van der Waals surface area contributed by atoms with E-state index < -0.39 is 11.9 Å². The number of hydrogen-bond acceptors (Lipinski definition) is 6. The molecule has 0 unspecified atom stereocenters. The second-order valence-corrected chi connectivity index (χ2v) is 7.78. The largest absolute Gasteiger partial charge is 0.425 e. The summed E-state index contributed by atoms with van der Waals surface area (Å²) in [7, 11) is 0. The van der Waals surface area contributed by atoms with Crippen molar-refractivity contribution in [2.45, 2.75) is 0 Å². The van der Waals surface area contributed by atoms with E-state index in [9.17, 15) is 9.59 Å². The molecule has 0 aliphatic rings. The number of esters is 2. The number of ether oxygens (including phenoxy) is 2. The third-order valence-electron chi connectivity index (χ3n) is 5.17. The van der Waals surface area contributed by atoms with E-state index in [0.717, 1.165) is 11.4 Å². The molecule has 6 heteroatoms. The Bertz CT molecular complexity index is 1110. The maximum atomic E-state index is 12.8. The van der Waals surface area contributed by atoms with E-state index >= 15 is 0 Å². The van der Waals surface area contributed by atoms with Crippen LogP contribution in [-0.2, 0) is 9.59 Å². The van der Waals surface area contributed by atoms with Gasteiger partial charge in [0.05, 0.1) is 6.67 Å². The quantitative estimate of drug-likeness (QED) is 0.183. The fraction of sp³-hybridized carbons (Fsp3) is 0.103. The minimum absolute atomic E-state index is 0.00399. The molecule has 0 fully saturated rings. The molecule has 0 aromatic heterocycles. The van der Waals surface area contributed by atoms with Crippen molar-refractivity contribution in [2.75, 3.05) is 29.6 Å². The first-order valence-electron chi connectivity index (χ1n) is 11.3. The van der Waals surface area contributed by atoms with Gasteiger partial charge in [0.15, 0.2) is 0 Å². The van der Waals surface area contributed by atoms with Crippen molar-refractivity contribution in [3.63, 3.8) is 0 Å². The number of benzene rings is 4. The van der Waals surface area contributed by atoms with Gasteiger partial charge in [0.1, 0.15) is 24.6 Å². The molecule has 4 aromatic rings. The zero-order valence-electron chi connectivity index (χ0n) is 19.2. The van der Waals surface area contributed by atoms with Crippen LogP contribution in [0.4, 0.5) is 11.4 Å². The molecule has 0 spiro atoms. The Labute approximate surface area is 204 Å². The van der Waals surface area contributed by atoms with Crippen LogP contribution in [0.5, 0.6) is 11.5 Å². The Morgan fingerprint density at radius 3 is 1.14 bits per heavy atom. The first kappa shape index (κ1) is 23.6. The summed E-state index contributed by atoms with van der Waals surface area (Å²) >= 11 is 0. The molecule has 0 aliphatic carbocycles. The second-order valence-electron chi connectivity index (χ2n) is 7.78. The van der Waals surface area contributed by atoms with Crippen LogP contribution in [0.25, 0.3) is 0 Å². The molecule has 4 aromatic carbocycles. The van der Waals surface area contributed by atoms with Gasteiger partial charge in [0.25, 0.3) is 0 Å². The molecular weight excluding hydrogens is 440 g/mol. The lowest BCUT2D eigenvalue weighted by Crippen LogP contribution is -2.44. The highest BCUT2D eigenvalue weighted by atomic mass is 16.5. The van der Waals surface area contributed by atoms with E-state index in [1.54, 1.807) is 24.3 Å². The molecule has 0 atom stereocenters. The first-order valence-corrected chi connectivity index (χ1v) is 11.3. The highest BCUT2D eigenvalue weighted by molar-refractivity contribution is 5.80. The lowest BCUT2D eigenvalue weighted by Gasteiger charge is -2.32. The molecule has 0 radical (unpaired) electrons. The van der Waals surface area contributed by atoms with E-state index in [4.69, 9.17) is 9.47 Å². The molecule has 0 saturated heterocycles. The minimum atomic E-state index is -0.403. The van der Waals surface area contributed by atoms with E-state index in [1.807, 2.05) is 107 Å². The summed E-state index contributed by atoms with van der Waals surface area (Å²) in [5.41, 5.74) is 1.66. The van der Waals surface area contributed by atoms with Crippen LogP contribution in [0, 0.1) is 0 Å². The average molecular weight is 467 g/mol. The summed E-state index contributed by atoms with van der Waals surface area (Å²) in [4.78, 5) is 29.3. The normalized spacial score (nSPS) is 10.3. The van der Waals surface area contributed by atoms with Gasteiger partial charge >= 0.3 is 11.9 Å². The van der Waals surface area contributed by atoms with Crippen molar-refractivity contribution in [1.29, 1.82) is 0 Å². The lowest BCUT2D eigenvalue weighted by molar-refractivity contribution is -0.133. The fourth-order valence-electron chi connectivity index (χ4n) is 3.55. The predicted molar refractivity (Wildman–Crippen MR) is 137 cm³/mol. The van der Waals surface area contributed by atoms with E-state index in [2.05, 4.69) is 0 Å². The Morgan fingerprint density at radius 2 is 0.800 bits per heavy atom. The number of anilines is 2. The number of rotatable bonds is 10. The summed E-state index contributed by atoms with van der Waals surface area (Å²) < 4.78 is 11.0. The van der Waals surface area contributed by atoms with E-state index in [1.165, 1.54) is 0 Å². The topological polar surface area (TPSA) is 59.1 Å². The summed E-state index contributed by atoms with van der Waals surface area (Å²) in [5.74, 6) is 0.161. The second kappa shape index (κ2) is 12.0. The standard InChI is InChI=1S/C29H26N2O4/c32-28(34-26-17-9-3-10-18-26)21-30(24-13-5-1-6-14-24)23-31(25-15-7-2-8-16-25)22-29(33)35-27-19-11-4-12-20-27/h1-20H,21-23H2. The van der Waals surface area contributed by atoms with Gasteiger partial charge in [-0.25, -0.2) is 9.59 Å². The highest BCUT2D eigenvalue weighted by Crippen LogP contribution is 2.20. The molecule has 35 heavy (non-hydrogen) atoms. The van der Waals surface area contributed by atoms with Crippen molar-refractivity contribution >= 4 is 23.3 Å². The molecule has 0 saturated carbocycles. The van der Waals surface area contributed by atoms with Crippen molar-refractivity contribution in [3.8, 4) is 11.5 Å². The van der Waals surface area contributed by atoms with Crippen LogP contribution in [0.3, 0.4) is 0 Å². The van der Waals surface area contributed by atoms with Crippen molar-refractivity contribution in [1.82, 2.24) is 0 Å². The van der Waals surface area contributed by atoms with Gasteiger partial charge in [-0.1, -0.05) is 72.8 Å². The van der Waals surface area contributed by atoms with Crippen LogP contribution in [0.1, 0.15) is 0 Å². The SMILES string of the molecule is O=C(CN(CN(CC(=O)Oc1ccccc1)c1ccccc1)c1ccccc1)Oc1ccccc1. The van der Waals surface area contributed by atoms with Crippen molar-refractivity contribution < 1.29 is 19.1 Å². The van der Waals surface area contributed by atoms with Gasteiger partial charge < -0.3 is 19.3 Å². The molecule has 0 N–H and O–H groups in total. The Hall–Kier alpha value is -4.58. The van der Waals surface area contributed by atoms with Gasteiger partial charge in [0.2, 0.25) is 0 Å². The zero-order valence-corrected chi connectivity index (χ0v) is 19.2. The number of hydrogen-bond donors (Lipinski definition) is 0. The summed E-state index contributed by atoms with van der Waals surface area (Å²) in [5, 5.41) is 0. The third kappa shape index (κ3) is 7.20. The van der Waals surface area contributed by atoms with Gasteiger partial charge in [-0.2, -0.15) is 0 Å². The smallest absolute Gasteiger partial charge is 0.330 e. The van der Waals surface area contributed by atoms with Crippen LogP contribution in [0.2, 0.25) is 0 Å². The minimum Gasteiger partial charge on any atom is -0.425 e. The summed E-state index contributed by atoms with van der Waals surface area (Å²) in [6, 6.07) is 37.0. The van der Waals surface area contributed by atoms with Crippen LogP contribution in [-0.4, -0.2) is 31.7 Å². The Balaban J connectivity index is 1.53. The molecule has 0 heterocycles. The summed E-state index contributed by atoms with van der Waals surface area (Å²) in [6.45, 7) is 0.258. The number of carbonyl (C=O) groups is 2. The van der Waals surface area contributed by atoms with Crippen LogP contribution in [0.15, 0.2) is 121 Å². The maximum Gasteiger partial charge on any atom is 0.330 e. The van der Waals surface area contributed by atoms with Crippen LogP contribution >= 0.6 is 0 Å². The van der Waals surface area contributed by atoms with Gasteiger partial charge in [-0.05, 0) is 48.5 Å². The fourth-order valence-corrected chi connectivity index (χ4v) is 3.55. The first-order chi connectivity index (χ1) is 17.2. The molecule has 4 rings (SSSR count). The maximum absolute atomic E-state index is 12.8. The van der Waals surface area contributed by atoms with Gasteiger partial charge in [-0.15, -0.1) is 0 Å². The van der Waals surface area contributed by atoms with Crippen molar-refractivity contribution in [3.05, 3.63) is 121 Å². The molecule has 0 aliphatic heterocycles. The summed E-state index contributed by atoms with van der Waals surface area (Å²) in [6.07, 6.45) is 0. The third-order valence-corrected chi connectivity index (χ3v) is 5.17. The monoisotopic (exact) mass is 466 g/mol. The molecule has 0 amide bonds. The Kier molecular flexibility index (Phi) is 8.11. The average Bonchev–Trinajstić information content (AvgIpc) is 2.90.